The van der Waals surface area contributed by atoms with E-state index in [2.05, 4.69) is 5.32 Å². The van der Waals surface area contributed by atoms with E-state index in [1.165, 1.54) is 6.42 Å². The summed E-state index contributed by atoms with van der Waals surface area (Å²) < 4.78 is 10.7. The summed E-state index contributed by atoms with van der Waals surface area (Å²) in [5.74, 6) is 1.26. The molecular formula is C22H33N3O4. The quantitative estimate of drug-likeness (QED) is 0.756. The molecule has 1 heterocycles. The molecule has 29 heavy (non-hydrogen) atoms. The second-order valence-corrected chi connectivity index (χ2v) is 7.77. The van der Waals surface area contributed by atoms with Crippen LogP contribution in [0.3, 0.4) is 0 Å². The predicted molar refractivity (Wildman–Crippen MR) is 112 cm³/mol. The number of carbonyl (C=O) groups is 2. The third-order valence-electron chi connectivity index (χ3n) is 5.91. The topological polar surface area (TPSA) is 71.1 Å². The molecule has 3 rings (SSSR count). The maximum atomic E-state index is 13.4. The van der Waals surface area contributed by atoms with E-state index in [-0.39, 0.29) is 17.9 Å². The zero-order valence-electron chi connectivity index (χ0n) is 17.6. The monoisotopic (exact) mass is 403 g/mol. The van der Waals surface area contributed by atoms with Crippen LogP contribution in [0.5, 0.6) is 11.5 Å². The number of benzene rings is 1. The lowest BCUT2D eigenvalue weighted by Gasteiger charge is -2.35. The van der Waals surface area contributed by atoms with Gasteiger partial charge in [0.2, 0.25) is 5.91 Å². The minimum atomic E-state index is -0.0535. The Labute approximate surface area is 173 Å². The van der Waals surface area contributed by atoms with E-state index in [1.807, 2.05) is 9.80 Å². The van der Waals surface area contributed by atoms with E-state index in [9.17, 15) is 9.59 Å². The van der Waals surface area contributed by atoms with Gasteiger partial charge in [0.05, 0.1) is 14.2 Å². The van der Waals surface area contributed by atoms with Gasteiger partial charge in [-0.25, -0.2) is 0 Å². The van der Waals surface area contributed by atoms with Crippen LogP contribution >= 0.6 is 0 Å². The summed E-state index contributed by atoms with van der Waals surface area (Å²) in [6.07, 6.45) is 5.82. The first-order chi connectivity index (χ1) is 14.1. The summed E-state index contributed by atoms with van der Waals surface area (Å²) in [7, 11) is 3.15. The Morgan fingerprint density at radius 2 is 1.66 bits per heavy atom. The first-order valence-corrected chi connectivity index (χ1v) is 10.6. The molecule has 1 saturated carbocycles. The molecule has 7 heteroatoms. The lowest BCUT2D eigenvalue weighted by molar-refractivity contribution is -0.132. The third kappa shape index (κ3) is 5.63. The predicted octanol–water partition coefficient (Wildman–Crippen LogP) is 2.30. The van der Waals surface area contributed by atoms with Crippen molar-refractivity contribution in [3.05, 3.63) is 23.8 Å². The van der Waals surface area contributed by atoms with Gasteiger partial charge in [0.25, 0.3) is 5.91 Å². The summed E-state index contributed by atoms with van der Waals surface area (Å²) in [4.78, 5) is 29.9. The number of nitrogens with one attached hydrogen (secondary N) is 1. The van der Waals surface area contributed by atoms with Gasteiger partial charge in [-0.3, -0.25) is 9.59 Å². The van der Waals surface area contributed by atoms with Crippen molar-refractivity contribution in [2.45, 2.75) is 44.6 Å². The number of piperazine rings is 1. The van der Waals surface area contributed by atoms with Crippen molar-refractivity contribution in [3.63, 3.8) is 0 Å². The molecule has 0 bridgehead atoms. The molecule has 1 aromatic carbocycles. The molecule has 2 fully saturated rings. The maximum absolute atomic E-state index is 13.4. The Morgan fingerprint density at radius 1 is 1.03 bits per heavy atom. The fraction of sp³-hybridized carbons (Fsp3) is 0.636. The van der Waals surface area contributed by atoms with E-state index in [0.717, 1.165) is 51.9 Å². The van der Waals surface area contributed by atoms with Crippen molar-refractivity contribution in [3.8, 4) is 11.5 Å². The van der Waals surface area contributed by atoms with Gasteiger partial charge in [-0.1, -0.05) is 19.3 Å². The number of methoxy groups -OCH3 is 2. The van der Waals surface area contributed by atoms with Gasteiger partial charge in [-0.05, 0) is 25.0 Å². The highest BCUT2D eigenvalue weighted by Crippen LogP contribution is 2.27. The van der Waals surface area contributed by atoms with Gasteiger partial charge in [0.15, 0.2) is 0 Å². The van der Waals surface area contributed by atoms with Crippen molar-refractivity contribution in [2.75, 3.05) is 46.9 Å². The first kappa shape index (κ1) is 21.4. The SMILES string of the molecule is COc1cc(OC)cc(C(=O)N(CCC(=O)N2CCNCC2)C2CCCCC2)c1. The molecule has 0 atom stereocenters. The molecule has 1 saturated heterocycles. The summed E-state index contributed by atoms with van der Waals surface area (Å²) in [5.41, 5.74) is 0.543. The molecule has 1 N–H and O–H groups in total. The van der Waals surface area contributed by atoms with Gasteiger partial charge in [0.1, 0.15) is 11.5 Å². The van der Waals surface area contributed by atoms with Gasteiger partial charge >= 0.3 is 0 Å². The van der Waals surface area contributed by atoms with Crippen molar-refractivity contribution >= 4 is 11.8 Å². The number of hydrogen-bond donors (Lipinski definition) is 1. The molecule has 1 aliphatic carbocycles. The number of hydrogen-bond acceptors (Lipinski definition) is 5. The average molecular weight is 404 g/mol. The molecule has 0 radical (unpaired) electrons. The molecular weight excluding hydrogens is 370 g/mol. The van der Waals surface area contributed by atoms with Crippen LogP contribution in [0.4, 0.5) is 0 Å². The van der Waals surface area contributed by atoms with E-state index in [0.29, 0.717) is 30.0 Å². The molecule has 7 nitrogen and oxygen atoms in total. The maximum Gasteiger partial charge on any atom is 0.254 e. The van der Waals surface area contributed by atoms with Crippen molar-refractivity contribution < 1.29 is 19.1 Å². The van der Waals surface area contributed by atoms with Crippen LogP contribution in [0.25, 0.3) is 0 Å². The number of rotatable bonds is 7. The molecule has 1 aliphatic heterocycles. The highest BCUT2D eigenvalue weighted by atomic mass is 16.5. The fourth-order valence-corrected chi connectivity index (χ4v) is 4.23. The fourth-order valence-electron chi connectivity index (χ4n) is 4.23. The van der Waals surface area contributed by atoms with Crippen LogP contribution in [0.15, 0.2) is 18.2 Å². The van der Waals surface area contributed by atoms with E-state index in [1.54, 1.807) is 32.4 Å². The summed E-state index contributed by atoms with van der Waals surface area (Å²) in [5, 5.41) is 3.27. The minimum Gasteiger partial charge on any atom is -0.497 e. The zero-order chi connectivity index (χ0) is 20.6. The van der Waals surface area contributed by atoms with Crippen LogP contribution in [-0.2, 0) is 4.79 Å². The van der Waals surface area contributed by atoms with Crippen LogP contribution in [-0.4, -0.2) is 74.6 Å². The second kappa shape index (κ2) is 10.5. The molecule has 160 valence electrons. The number of carbonyl (C=O) groups excluding carboxylic acids is 2. The summed E-state index contributed by atoms with van der Waals surface area (Å²) in [6.45, 7) is 3.60. The van der Waals surface area contributed by atoms with Gasteiger partial charge in [-0.15, -0.1) is 0 Å². The minimum absolute atomic E-state index is 0.0535. The van der Waals surface area contributed by atoms with Crippen molar-refractivity contribution in [2.24, 2.45) is 0 Å². The Morgan fingerprint density at radius 3 is 2.24 bits per heavy atom. The molecule has 0 spiro atoms. The van der Waals surface area contributed by atoms with Crippen LogP contribution in [0.2, 0.25) is 0 Å². The summed E-state index contributed by atoms with van der Waals surface area (Å²) in [6, 6.07) is 5.44. The van der Waals surface area contributed by atoms with E-state index in [4.69, 9.17) is 9.47 Å². The Kier molecular flexibility index (Phi) is 7.75. The standard InChI is InChI=1S/C22H33N3O4/c1-28-19-14-17(15-20(16-19)29-2)22(27)25(18-6-4-3-5-7-18)11-8-21(26)24-12-9-23-10-13-24/h14-16,18,23H,3-13H2,1-2H3. The third-order valence-corrected chi connectivity index (χ3v) is 5.91. The number of amides is 2. The first-order valence-electron chi connectivity index (χ1n) is 10.6. The van der Waals surface area contributed by atoms with Crippen molar-refractivity contribution in [1.29, 1.82) is 0 Å². The van der Waals surface area contributed by atoms with Gasteiger partial charge in [0, 0.05) is 56.8 Å². The van der Waals surface area contributed by atoms with E-state index < -0.39 is 0 Å². The number of ether oxygens (including phenoxy) is 2. The van der Waals surface area contributed by atoms with Crippen molar-refractivity contribution in [1.82, 2.24) is 15.1 Å². The van der Waals surface area contributed by atoms with Crippen LogP contribution in [0, 0.1) is 0 Å². The number of nitrogens with zero attached hydrogens (tertiary/aromatic N) is 2. The van der Waals surface area contributed by atoms with Crippen LogP contribution in [0.1, 0.15) is 48.9 Å². The molecule has 0 aromatic heterocycles. The van der Waals surface area contributed by atoms with E-state index >= 15 is 0 Å². The zero-order valence-corrected chi connectivity index (χ0v) is 17.6. The Bertz CT molecular complexity index is 675. The smallest absolute Gasteiger partial charge is 0.254 e. The summed E-state index contributed by atoms with van der Waals surface area (Å²) >= 11 is 0. The highest BCUT2D eigenvalue weighted by molar-refractivity contribution is 5.95. The average Bonchev–Trinajstić information content (AvgIpc) is 2.79. The second-order valence-electron chi connectivity index (χ2n) is 7.77. The van der Waals surface area contributed by atoms with Gasteiger partial charge < -0.3 is 24.6 Å². The lowest BCUT2D eigenvalue weighted by atomic mass is 9.93. The molecule has 0 unspecified atom stereocenters. The van der Waals surface area contributed by atoms with Gasteiger partial charge in [-0.2, -0.15) is 0 Å². The normalized spacial score (nSPS) is 17.7. The Hall–Kier alpha value is -2.28. The Balaban J connectivity index is 1.75. The molecule has 2 aliphatic rings. The molecule has 1 aromatic rings. The largest absolute Gasteiger partial charge is 0.497 e. The highest BCUT2D eigenvalue weighted by Gasteiger charge is 2.28. The molecule has 2 amide bonds. The van der Waals surface area contributed by atoms with Crippen LogP contribution < -0.4 is 14.8 Å². The lowest BCUT2D eigenvalue weighted by Crippen LogP contribution is -2.48.